The molecule has 2 fully saturated rings. The van der Waals surface area contributed by atoms with Gasteiger partial charge in [-0.15, -0.1) is 0 Å². The molecular formula is C25H24ClNO5. The number of nitrogens with zero attached hydrogens (tertiary/aromatic N) is 1. The summed E-state index contributed by atoms with van der Waals surface area (Å²) in [6.45, 7) is 6.20. The molecule has 0 bridgehead atoms. The Kier molecular flexibility index (Phi) is 5.30. The summed E-state index contributed by atoms with van der Waals surface area (Å²) in [6.07, 6.45) is 4.83. The Balaban J connectivity index is 1.28. The summed E-state index contributed by atoms with van der Waals surface area (Å²) < 4.78 is 17.1. The fraction of sp³-hybridized carbons (Fsp3) is 0.400. The van der Waals surface area contributed by atoms with Crippen LogP contribution >= 0.6 is 11.6 Å². The average Bonchev–Trinajstić information content (AvgIpc) is 3.37. The van der Waals surface area contributed by atoms with Crippen molar-refractivity contribution in [3.05, 3.63) is 64.8 Å². The third-order valence-corrected chi connectivity index (χ3v) is 6.93. The lowest BCUT2D eigenvalue weighted by Crippen LogP contribution is -2.29. The summed E-state index contributed by atoms with van der Waals surface area (Å²) in [5, 5.41) is 1.23. The van der Waals surface area contributed by atoms with Crippen molar-refractivity contribution in [2.75, 3.05) is 6.61 Å². The fourth-order valence-corrected chi connectivity index (χ4v) is 4.87. The van der Waals surface area contributed by atoms with Crippen LogP contribution in [-0.2, 0) is 19.0 Å². The van der Waals surface area contributed by atoms with Gasteiger partial charge < -0.3 is 14.2 Å². The van der Waals surface area contributed by atoms with Crippen molar-refractivity contribution in [3.63, 3.8) is 0 Å². The second-order valence-corrected chi connectivity index (χ2v) is 9.30. The van der Waals surface area contributed by atoms with E-state index in [1.165, 1.54) is 0 Å². The van der Waals surface area contributed by atoms with Crippen LogP contribution in [0.25, 0.3) is 10.9 Å². The summed E-state index contributed by atoms with van der Waals surface area (Å²) in [7, 11) is 0. The van der Waals surface area contributed by atoms with E-state index in [4.69, 9.17) is 25.8 Å². The summed E-state index contributed by atoms with van der Waals surface area (Å²) >= 11 is 5.93. The zero-order valence-corrected chi connectivity index (χ0v) is 18.6. The minimum atomic E-state index is -0.390. The normalized spacial score (nSPS) is 29.6. The van der Waals surface area contributed by atoms with Crippen molar-refractivity contribution >= 4 is 34.4 Å². The van der Waals surface area contributed by atoms with Crippen molar-refractivity contribution in [3.8, 4) is 0 Å². The van der Waals surface area contributed by atoms with Crippen LogP contribution in [0, 0.1) is 5.92 Å². The van der Waals surface area contributed by atoms with Gasteiger partial charge in [0.05, 0.1) is 16.7 Å². The minimum absolute atomic E-state index is 0.0687. The standard InChI is InChI=1S/C25H24ClNO5/c1-14-18-8-5-15(4-3-11-25(2)22(32-25)21(18)31-23(14)28)13-30-24(29)17-6-9-19-16(12-17)7-10-20(26)27-19/h4,6-7,9-10,12,18,21-22H,1,3,5,8,11,13H2,2H3/t18-,21-,22-,25+/m0/s1. The van der Waals surface area contributed by atoms with Gasteiger partial charge in [-0.3, -0.25) is 0 Å². The summed E-state index contributed by atoms with van der Waals surface area (Å²) in [5.74, 6) is -0.800. The number of aromatic nitrogens is 1. The third kappa shape index (κ3) is 3.93. The number of allylic oxidation sites excluding steroid dienone is 1. The van der Waals surface area contributed by atoms with E-state index >= 15 is 0 Å². The zero-order valence-electron chi connectivity index (χ0n) is 17.8. The first kappa shape index (κ1) is 21.2. The molecule has 7 heteroatoms. The lowest BCUT2D eigenvalue weighted by molar-refractivity contribution is -0.140. The van der Waals surface area contributed by atoms with E-state index < -0.39 is 0 Å². The highest BCUT2D eigenvalue weighted by Gasteiger charge is 2.61. The topological polar surface area (TPSA) is 78.0 Å². The molecule has 0 N–H and O–H groups in total. The number of rotatable bonds is 3. The third-order valence-electron chi connectivity index (χ3n) is 6.72. The van der Waals surface area contributed by atoms with E-state index in [9.17, 15) is 9.59 Å². The number of halogens is 1. The van der Waals surface area contributed by atoms with Crippen LogP contribution in [0.4, 0.5) is 0 Å². The van der Waals surface area contributed by atoms with Crippen molar-refractivity contribution in [2.24, 2.45) is 5.92 Å². The molecule has 0 amide bonds. The maximum Gasteiger partial charge on any atom is 0.338 e. The molecule has 1 aromatic carbocycles. The van der Waals surface area contributed by atoms with Gasteiger partial charge in [-0.25, -0.2) is 14.6 Å². The quantitative estimate of drug-likeness (QED) is 0.218. The van der Waals surface area contributed by atoms with Gasteiger partial charge in [-0.1, -0.05) is 24.3 Å². The van der Waals surface area contributed by atoms with Crippen LogP contribution in [0.2, 0.25) is 5.15 Å². The number of fused-ring (bicyclic) bond motifs is 4. The number of epoxide rings is 1. The highest BCUT2D eigenvalue weighted by molar-refractivity contribution is 6.29. The Morgan fingerprint density at radius 3 is 3.03 bits per heavy atom. The van der Waals surface area contributed by atoms with Gasteiger partial charge in [0.1, 0.15) is 24.0 Å². The van der Waals surface area contributed by atoms with Crippen molar-refractivity contribution in [1.29, 1.82) is 0 Å². The van der Waals surface area contributed by atoms with Gasteiger partial charge in [-0.2, -0.15) is 0 Å². The Morgan fingerprint density at radius 1 is 1.34 bits per heavy atom. The monoisotopic (exact) mass is 453 g/mol. The number of carbonyl (C=O) groups excluding carboxylic acids is 2. The maximum absolute atomic E-state index is 12.7. The Morgan fingerprint density at radius 2 is 2.19 bits per heavy atom. The number of ether oxygens (including phenoxy) is 3. The molecule has 3 heterocycles. The molecule has 5 rings (SSSR count). The second-order valence-electron chi connectivity index (χ2n) is 8.91. The molecular weight excluding hydrogens is 430 g/mol. The molecule has 2 aliphatic heterocycles. The van der Waals surface area contributed by atoms with E-state index in [0.717, 1.165) is 29.3 Å². The first-order valence-corrected chi connectivity index (χ1v) is 11.2. The highest BCUT2D eigenvalue weighted by atomic mass is 35.5. The van der Waals surface area contributed by atoms with E-state index in [2.05, 4.69) is 24.6 Å². The first-order valence-electron chi connectivity index (χ1n) is 10.8. The number of hydrogen-bond acceptors (Lipinski definition) is 6. The Bertz CT molecular complexity index is 1160. The van der Waals surface area contributed by atoms with Crippen LogP contribution in [0.15, 0.2) is 54.1 Å². The lowest BCUT2D eigenvalue weighted by atomic mass is 9.84. The van der Waals surface area contributed by atoms with Gasteiger partial charge in [0.2, 0.25) is 0 Å². The van der Waals surface area contributed by atoms with E-state index in [0.29, 0.717) is 29.1 Å². The highest BCUT2D eigenvalue weighted by Crippen LogP contribution is 2.49. The van der Waals surface area contributed by atoms with Crippen molar-refractivity contribution in [1.82, 2.24) is 4.98 Å². The summed E-state index contributed by atoms with van der Waals surface area (Å²) in [5.41, 5.74) is 2.44. The lowest BCUT2D eigenvalue weighted by Gasteiger charge is -2.20. The van der Waals surface area contributed by atoms with E-state index in [1.807, 2.05) is 6.07 Å². The summed E-state index contributed by atoms with van der Waals surface area (Å²) in [4.78, 5) is 29.0. The molecule has 1 aliphatic carbocycles. The molecule has 6 nitrogen and oxygen atoms in total. The Labute approximate surface area is 191 Å². The van der Waals surface area contributed by atoms with Gasteiger partial charge in [0.15, 0.2) is 0 Å². The number of pyridine rings is 1. The van der Waals surface area contributed by atoms with Crippen LogP contribution in [-0.4, -0.2) is 41.3 Å². The van der Waals surface area contributed by atoms with Gasteiger partial charge >= 0.3 is 11.9 Å². The molecule has 166 valence electrons. The van der Waals surface area contributed by atoms with Crippen LogP contribution in [0.1, 0.15) is 43.0 Å². The maximum atomic E-state index is 12.7. The van der Waals surface area contributed by atoms with Crippen LogP contribution in [0.5, 0.6) is 0 Å². The molecule has 0 unspecified atom stereocenters. The Hall–Kier alpha value is -2.70. The van der Waals surface area contributed by atoms with E-state index in [-0.39, 0.29) is 42.3 Å². The predicted octanol–water partition coefficient (Wildman–Crippen LogP) is 4.80. The zero-order chi connectivity index (χ0) is 22.5. The molecule has 32 heavy (non-hydrogen) atoms. The van der Waals surface area contributed by atoms with Crippen LogP contribution < -0.4 is 0 Å². The molecule has 4 atom stereocenters. The molecule has 1 aromatic heterocycles. The fourth-order valence-electron chi connectivity index (χ4n) is 4.72. The number of esters is 2. The van der Waals surface area contributed by atoms with Crippen molar-refractivity contribution < 1.29 is 23.8 Å². The molecule has 0 saturated carbocycles. The SMILES string of the molecule is C=C1C(=O)O[C@H]2[C@H]1CCC(COC(=O)c1ccc3nc(Cl)ccc3c1)=CCC[C@@]1(C)O[C@@H]21. The second kappa shape index (κ2) is 8.01. The average molecular weight is 454 g/mol. The smallest absolute Gasteiger partial charge is 0.338 e. The molecule has 3 aliphatic rings. The summed E-state index contributed by atoms with van der Waals surface area (Å²) in [6, 6.07) is 8.72. The van der Waals surface area contributed by atoms with Crippen LogP contribution in [0.3, 0.4) is 0 Å². The van der Waals surface area contributed by atoms with E-state index in [1.54, 1.807) is 24.3 Å². The van der Waals surface area contributed by atoms with Gasteiger partial charge in [-0.05, 0) is 68.5 Å². The molecule has 0 radical (unpaired) electrons. The predicted molar refractivity (Wildman–Crippen MR) is 119 cm³/mol. The minimum Gasteiger partial charge on any atom is -0.458 e. The molecule has 2 saturated heterocycles. The van der Waals surface area contributed by atoms with Crippen molar-refractivity contribution in [2.45, 2.75) is 50.4 Å². The van der Waals surface area contributed by atoms with Gasteiger partial charge in [0.25, 0.3) is 0 Å². The molecule has 0 spiro atoms. The number of benzene rings is 1. The molecule has 2 aromatic rings. The number of carbonyl (C=O) groups is 2. The largest absolute Gasteiger partial charge is 0.458 e. The number of hydrogen-bond donors (Lipinski definition) is 0. The first-order chi connectivity index (χ1) is 15.3. The van der Waals surface area contributed by atoms with Gasteiger partial charge in [0, 0.05) is 16.9 Å².